The molecule has 1 N–H and O–H groups in total. The summed E-state index contributed by atoms with van der Waals surface area (Å²) >= 11 is 0. The van der Waals surface area contributed by atoms with Crippen molar-refractivity contribution >= 4 is 22.5 Å². The monoisotopic (exact) mass is 347 g/mol. The Morgan fingerprint density at radius 2 is 1.81 bits per heavy atom. The molecule has 3 rings (SSSR count). The van der Waals surface area contributed by atoms with Crippen molar-refractivity contribution in [2.75, 3.05) is 0 Å². The Kier molecular flexibility index (Phi) is 4.98. The number of rotatable bonds is 4. The largest absolute Gasteiger partial charge is 0.493 e. The average Bonchev–Trinajstić information content (AvgIpc) is 2.89. The minimum Gasteiger partial charge on any atom is -0.493 e. The SMILES string of the molecule is CC(C)=CCn1c(O)c(N=NC(=O)c2ccc(C)cc2)c2ccccc21. The number of azo groups is 1. The van der Waals surface area contributed by atoms with Crippen LogP contribution in [0.5, 0.6) is 5.88 Å². The minimum absolute atomic E-state index is 0.00385. The highest BCUT2D eigenvalue weighted by atomic mass is 16.3. The van der Waals surface area contributed by atoms with Gasteiger partial charge in [0.2, 0.25) is 5.88 Å². The van der Waals surface area contributed by atoms with E-state index in [4.69, 9.17) is 0 Å². The van der Waals surface area contributed by atoms with E-state index in [1.54, 1.807) is 16.7 Å². The predicted octanol–water partition coefficient (Wildman–Crippen LogP) is 5.55. The van der Waals surface area contributed by atoms with Gasteiger partial charge < -0.3 is 9.67 Å². The Hall–Kier alpha value is -3.21. The first-order chi connectivity index (χ1) is 12.5. The predicted molar refractivity (Wildman–Crippen MR) is 103 cm³/mol. The summed E-state index contributed by atoms with van der Waals surface area (Å²) in [7, 11) is 0. The van der Waals surface area contributed by atoms with Crippen LogP contribution < -0.4 is 0 Å². The standard InChI is InChI=1S/C21H21N3O2/c1-14(2)12-13-24-18-7-5-4-6-17(18)19(21(24)26)22-23-20(25)16-10-8-15(3)9-11-16/h4-12,26H,13H2,1-3H3. The molecule has 0 saturated carbocycles. The Morgan fingerprint density at radius 1 is 1.12 bits per heavy atom. The highest BCUT2D eigenvalue weighted by Gasteiger charge is 2.16. The number of nitrogens with zero attached hydrogens (tertiary/aromatic N) is 3. The molecule has 2 aromatic carbocycles. The molecule has 0 radical (unpaired) electrons. The van der Waals surface area contributed by atoms with Crippen LogP contribution in [0, 0.1) is 6.92 Å². The maximum absolute atomic E-state index is 12.2. The fourth-order valence-corrected chi connectivity index (χ4v) is 2.68. The first-order valence-electron chi connectivity index (χ1n) is 8.43. The summed E-state index contributed by atoms with van der Waals surface area (Å²) in [5, 5.41) is 19.2. The molecule has 0 atom stereocenters. The van der Waals surface area contributed by atoms with Gasteiger partial charge in [-0.05, 0) is 39.0 Å². The van der Waals surface area contributed by atoms with Crippen molar-refractivity contribution in [3.63, 3.8) is 0 Å². The molecule has 0 aliphatic heterocycles. The zero-order valence-electron chi connectivity index (χ0n) is 15.1. The average molecular weight is 347 g/mol. The summed E-state index contributed by atoms with van der Waals surface area (Å²) in [6.45, 7) is 6.48. The number of para-hydroxylation sites is 1. The van der Waals surface area contributed by atoms with E-state index in [2.05, 4.69) is 10.2 Å². The lowest BCUT2D eigenvalue weighted by Gasteiger charge is -2.03. The number of hydrogen-bond acceptors (Lipinski definition) is 3. The number of aryl methyl sites for hydroxylation is 1. The lowest BCUT2D eigenvalue weighted by molar-refractivity contribution is 0.0995. The smallest absolute Gasteiger partial charge is 0.295 e. The van der Waals surface area contributed by atoms with Crippen LogP contribution in [0.3, 0.4) is 0 Å². The van der Waals surface area contributed by atoms with Crippen LogP contribution in [0.25, 0.3) is 10.9 Å². The Bertz CT molecular complexity index is 1010. The number of fused-ring (bicyclic) bond motifs is 1. The van der Waals surface area contributed by atoms with Crippen LogP contribution in [-0.2, 0) is 6.54 Å². The van der Waals surface area contributed by atoms with Gasteiger partial charge in [-0.2, -0.15) is 0 Å². The van der Waals surface area contributed by atoms with Gasteiger partial charge >= 0.3 is 0 Å². The topological polar surface area (TPSA) is 66.9 Å². The molecular weight excluding hydrogens is 326 g/mol. The van der Waals surface area contributed by atoms with Crippen molar-refractivity contribution in [3.05, 3.63) is 71.3 Å². The molecule has 1 heterocycles. The Morgan fingerprint density at radius 3 is 2.50 bits per heavy atom. The maximum Gasteiger partial charge on any atom is 0.295 e. The van der Waals surface area contributed by atoms with E-state index in [0.29, 0.717) is 17.8 Å². The summed E-state index contributed by atoms with van der Waals surface area (Å²) in [5.74, 6) is -0.435. The first kappa shape index (κ1) is 17.6. The number of aromatic hydroxyl groups is 1. The summed E-state index contributed by atoms with van der Waals surface area (Å²) in [4.78, 5) is 12.2. The summed E-state index contributed by atoms with van der Waals surface area (Å²) < 4.78 is 1.76. The van der Waals surface area contributed by atoms with Crippen molar-refractivity contribution < 1.29 is 9.90 Å². The Balaban J connectivity index is 1.99. The number of aromatic nitrogens is 1. The molecule has 1 aromatic heterocycles. The molecule has 26 heavy (non-hydrogen) atoms. The van der Waals surface area contributed by atoms with Crippen LogP contribution in [0.1, 0.15) is 29.8 Å². The highest BCUT2D eigenvalue weighted by molar-refractivity contribution is 5.97. The van der Waals surface area contributed by atoms with E-state index in [9.17, 15) is 9.90 Å². The zero-order chi connectivity index (χ0) is 18.7. The van der Waals surface area contributed by atoms with Crippen molar-refractivity contribution in [3.8, 4) is 5.88 Å². The van der Waals surface area contributed by atoms with Crippen molar-refractivity contribution in [1.82, 2.24) is 4.57 Å². The van der Waals surface area contributed by atoms with Crippen molar-refractivity contribution in [2.45, 2.75) is 27.3 Å². The summed E-state index contributed by atoms with van der Waals surface area (Å²) in [5.41, 5.74) is 3.84. The van der Waals surface area contributed by atoms with Gasteiger partial charge in [0.15, 0.2) is 5.69 Å². The fourth-order valence-electron chi connectivity index (χ4n) is 2.68. The second kappa shape index (κ2) is 7.35. The van der Waals surface area contributed by atoms with E-state index < -0.39 is 5.91 Å². The lowest BCUT2D eigenvalue weighted by Crippen LogP contribution is -1.94. The molecular formula is C21H21N3O2. The van der Waals surface area contributed by atoms with E-state index in [1.165, 1.54) is 0 Å². The zero-order valence-corrected chi connectivity index (χ0v) is 15.1. The number of allylic oxidation sites excluding steroid dienone is 2. The van der Waals surface area contributed by atoms with E-state index in [-0.39, 0.29) is 5.88 Å². The van der Waals surface area contributed by atoms with Crippen LogP contribution >= 0.6 is 0 Å². The van der Waals surface area contributed by atoms with Gasteiger partial charge in [-0.1, -0.05) is 47.5 Å². The molecule has 132 valence electrons. The van der Waals surface area contributed by atoms with E-state index >= 15 is 0 Å². The van der Waals surface area contributed by atoms with E-state index in [0.717, 1.165) is 22.0 Å². The van der Waals surface area contributed by atoms with Crippen LogP contribution in [-0.4, -0.2) is 15.6 Å². The minimum atomic E-state index is -0.439. The molecule has 0 aliphatic carbocycles. The number of benzene rings is 2. The summed E-state index contributed by atoms with van der Waals surface area (Å²) in [6, 6.07) is 14.7. The molecule has 3 aromatic rings. The van der Waals surface area contributed by atoms with Crippen LogP contribution in [0.2, 0.25) is 0 Å². The van der Waals surface area contributed by atoms with E-state index in [1.807, 2.05) is 63.2 Å². The molecule has 0 unspecified atom stereocenters. The Labute approximate surface area is 152 Å². The molecule has 0 fully saturated rings. The number of amides is 1. The number of carbonyl (C=O) groups is 1. The van der Waals surface area contributed by atoms with Gasteiger partial charge in [0.05, 0.1) is 5.52 Å². The molecule has 1 amide bonds. The third kappa shape index (κ3) is 3.57. The third-order valence-corrected chi connectivity index (χ3v) is 4.14. The molecule has 5 nitrogen and oxygen atoms in total. The normalized spacial score (nSPS) is 11.2. The molecule has 5 heteroatoms. The molecule has 0 spiro atoms. The third-order valence-electron chi connectivity index (χ3n) is 4.14. The lowest BCUT2D eigenvalue weighted by atomic mass is 10.1. The van der Waals surface area contributed by atoms with Crippen molar-refractivity contribution in [1.29, 1.82) is 0 Å². The number of carbonyl (C=O) groups excluding carboxylic acids is 1. The van der Waals surface area contributed by atoms with Gasteiger partial charge in [0.25, 0.3) is 5.91 Å². The highest BCUT2D eigenvalue weighted by Crippen LogP contribution is 2.38. The van der Waals surface area contributed by atoms with Gasteiger partial charge in [-0.25, -0.2) is 0 Å². The summed E-state index contributed by atoms with van der Waals surface area (Å²) in [6.07, 6.45) is 2.02. The maximum atomic E-state index is 12.2. The van der Waals surface area contributed by atoms with Gasteiger partial charge in [0.1, 0.15) is 0 Å². The van der Waals surface area contributed by atoms with Gasteiger partial charge in [-0.15, -0.1) is 10.2 Å². The van der Waals surface area contributed by atoms with Crippen LogP contribution in [0.4, 0.5) is 5.69 Å². The quantitative estimate of drug-likeness (QED) is 0.497. The van der Waals surface area contributed by atoms with Gasteiger partial charge in [-0.3, -0.25) is 4.79 Å². The first-order valence-corrected chi connectivity index (χ1v) is 8.43. The van der Waals surface area contributed by atoms with Crippen molar-refractivity contribution in [2.24, 2.45) is 10.2 Å². The van der Waals surface area contributed by atoms with Crippen LogP contribution in [0.15, 0.2) is 70.4 Å². The second-order valence-corrected chi connectivity index (χ2v) is 6.45. The second-order valence-electron chi connectivity index (χ2n) is 6.45. The molecule has 0 aliphatic rings. The molecule has 0 bridgehead atoms. The van der Waals surface area contributed by atoms with Gasteiger partial charge in [0, 0.05) is 17.5 Å². The molecule has 0 saturated heterocycles. The number of hydrogen-bond donors (Lipinski definition) is 1. The fraction of sp³-hybridized carbons (Fsp3) is 0.190.